The number of nitrogens with zero attached hydrogens (tertiary/aromatic N) is 4. The number of benzene rings is 1. The van der Waals surface area contributed by atoms with Gasteiger partial charge in [-0.2, -0.15) is 0 Å². The Balaban J connectivity index is 1.27. The van der Waals surface area contributed by atoms with Gasteiger partial charge in [-0.15, -0.1) is 0 Å². The number of carbonyl (C=O) groups excluding carboxylic acids is 2. The first kappa shape index (κ1) is 36.0. The Labute approximate surface area is 276 Å². The lowest BCUT2D eigenvalue weighted by molar-refractivity contribution is -0.924. The normalized spacial score (nSPS) is 20.4. The van der Waals surface area contributed by atoms with E-state index in [0.717, 1.165) is 31.5 Å². The minimum atomic E-state index is -1.17. The molecule has 0 bridgehead atoms. The summed E-state index contributed by atoms with van der Waals surface area (Å²) in [6.45, 7) is 15.1. The Hall–Kier alpha value is -3.85. The van der Waals surface area contributed by atoms with Crippen molar-refractivity contribution in [3.05, 3.63) is 42.5 Å². The summed E-state index contributed by atoms with van der Waals surface area (Å²) in [6, 6.07) is 7.85. The average Bonchev–Trinajstić information content (AvgIpc) is 3.56. The van der Waals surface area contributed by atoms with Crippen molar-refractivity contribution in [1.82, 2.24) is 30.2 Å². The van der Waals surface area contributed by atoms with Gasteiger partial charge in [-0.1, -0.05) is 32.9 Å². The van der Waals surface area contributed by atoms with E-state index < -0.39 is 24.5 Å². The van der Waals surface area contributed by atoms with Crippen molar-refractivity contribution in [2.75, 3.05) is 43.4 Å². The maximum Gasteiger partial charge on any atom is 0.319 e. The molecule has 4 rings (SSSR count). The molecule has 258 valence electrons. The topological polar surface area (TPSA) is 180 Å². The predicted molar refractivity (Wildman–Crippen MR) is 180 cm³/mol. The molecule has 1 fully saturated rings. The number of unbranched alkanes of at least 4 members (excludes halogenated alkanes) is 1. The Morgan fingerprint density at radius 3 is 2.36 bits per heavy atom. The summed E-state index contributed by atoms with van der Waals surface area (Å²) in [5, 5.41) is 33.9. The van der Waals surface area contributed by atoms with Gasteiger partial charge >= 0.3 is 6.03 Å². The molecular weight excluding hydrogens is 602 g/mol. The summed E-state index contributed by atoms with van der Waals surface area (Å²) in [5.41, 5.74) is 3.01. The number of ether oxygens (including phenoxy) is 1. The lowest BCUT2D eigenvalue weighted by atomic mass is 9.87. The van der Waals surface area contributed by atoms with E-state index in [1.165, 1.54) is 23.7 Å². The van der Waals surface area contributed by atoms with E-state index in [1.807, 2.05) is 24.3 Å². The number of fused-ring (bicyclic) bond motifs is 1. The summed E-state index contributed by atoms with van der Waals surface area (Å²) in [6.07, 6.45) is 1.61. The molecule has 14 nitrogen and oxygen atoms in total. The fourth-order valence-electron chi connectivity index (χ4n) is 5.65. The average molecular weight is 655 g/mol. The molecule has 0 radical (unpaired) electrons. The van der Waals surface area contributed by atoms with Crippen LogP contribution in [0, 0.1) is 0 Å². The third-order valence-electron chi connectivity index (χ3n) is 8.49. The van der Waals surface area contributed by atoms with E-state index in [0.29, 0.717) is 43.2 Å². The fraction of sp³-hybridized carbons (Fsp3) is 0.606. The van der Waals surface area contributed by atoms with Crippen molar-refractivity contribution in [2.24, 2.45) is 0 Å². The third-order valence-corrected chi connectivity index (χ3v) is 8.49. The number of hydrogen-bond donors (Lipinski definition) is 7. The van der Waals surface area contributed by atoms with Crippen LogP contribution in [0.4, 0.5) is 16.3 Å². The van der Waals surface area contributed by atoms with Crippen LogP contribution in [0.25, 0.3) is 11.2 Å². The van der Waals surface area contributed by atoms with Crippen molar-refractivity contribution in [3.8, 4) is 0 Å². The first-order valence-electron chi connectivity index (χ1n) is 16.5. The summed E-state index contributed by atoms with van der Waals surface area (Å²) in [4.78, 5) is 37.9. The molecular formula is C33H52N9O5+. The summed E-state index contributed by atoms with van der Waals surface area (Å²) < 4.78 is 7.89. The van der Waals surface area contributed by atoms with Gasteiger partial charge in [0.05, 0.1) is 18.9 Å². The molecule has 0 aliphatic carbocycles. The van der Waals surface area contributed by atoms with Gasteiger partial charge in [0.2, 0.25) is 5.91 Å². The molecule has 2 aromatic heterocycles. The van der Waals surface area contributed by atoms with E-state index in [1.54, 1.807) is 10.9 Å². The number of carbonyl (C=O) groups is 2. The van der Waals surface area contributed by atoms with E-state index in [2.05, 4.69) is 70.8 Å². The number of rotatable bonds is 15. The molecule has 7 N–H and O–H groups in total. The van der Waals surface area contributed by atoms with E-state index in [-0.39, 0.29) is 23.4 Å². The molecule has 47 heavy (non-hydrogen) atoms. The zero-order valence-corrected chi connectivity index (χ0v) is 28.4. The van der Waals surface area contributed by atoms with Gasteiger partial charge in [0.25, 0.3) is 0 Å². The van der Waals surface area contributed by atoms with Crippen molar-refractivity contribution >= 4 is 34.6 Å². The molecule has 0 spiro atoms. The van der Waals surface area contributed by atoms with Gasteiger partial charge < -0.3 is 41.1 Å². The molecule has 3 amide bonds. The molecule has 1 aromatic carbocycles. The smallest absolute Gasteiger partial charge is 0.319 e. The van der Waals surface area contributed by atoms with Crippen LogP contribution in [0.5, 0.6) is 0 Å². The standard InChI is InChI=1S/C33H51N9O5/c1-21(2)41(17-9-16-36-32(46)40-24-12-10-23(11-13-24)33(4,5)6)18-25-27(44)28(45)31(47-25)42-20-39-26-29(37-19-38-30(26)42)35-15-8-7-14-34-22(3)43/h10-13,19-21,25,27-28,31,44-45H,7-9,14-18H2,1-6H3,(H,34,43)(H,35,37,38)(H2,36,40,46)/p+1/t25-,27-,28-,31-/m1/s1. The highest BCUT2D eigenvalue weighted by Crippen LogP contribution is 2.32. The van der Waals surface area contributed by atoms with Crippen molar-refractivity contribution in [2.45, 2.75) is 96.8 Å². The minimum absolute atomic E-state index is 0.0457. The van der Waals surface area contributed by atoms with Crippen molar-refractivity contribution in [1.29, 1.82) is 0 Å². The molecule has 14 heteroatoms. The van der Waals surface area contributed by atoms with Gasteiger partial charge in [0, 0.05) is 38.7 Å². The van der Waals surface area contributed by atoms with E-state index in [4.69, 9.17) is 4.74 Å². The second-order valence-corrected chi connectivity index (χ2v) is 13.5. The van der Waals surface area contributed by atoms with Crippen LogP contribution in [0.1, 0.15) is 72.6 Å². The number of amides is 3. The highest BCUT2D eigenvalue weighted by Gasteiger charge is 2.46. The summed E-state index contributed by atoms with van der Waals surface area (Å²) in [7, 11) is 0. The Kier molecular flexibility index (Phi) is 12.5. The van der Waals surface area contributed by atoms with Gasteiger partial charge in [-0.3, -0.25) is 9.36 Å². The van der Waals surface area contributed by atoms with Crippen LogP contribution in [0.2, 0.25) is 0 Å². The van der Waals surface area contributed by atoms with Gasteiger partial charge in [0.1, 0.15) is 31.2 Å². The molecule has 5 atom stereocenters. The number of nitrogens with one attached hydrogen (secondary N) is 5. The van der Waals surface area contributed by atoms with Gasteiger partial charge in [0.15, 0.2) is 23.2 Å². The molecule has 0 saturated carbocycles. The Morgan fingerprint density at radius 1 is 0.979 bits per heavy atom. The van der Waals surface area contributed by atoms with Crippen LogP contribution < -0.4 is 26.2 Å². The highest BCUT2D eigenvalue weighted by atomic mass is 16.6. The zero-order valence-electron chi connectivity index (χ0n) is 28.4. The number of aromatic nitrogens is 4. The molecule has 3 heterocycles. The van der Waals surface area contributed by atoms with Crippen molar-refractivity contribution < 1.29 is 29.4 Å². The number of aliphatic hydroxyl groups excluding tert-OH is 2. The van der Waals surface area contributed by atoms with Gasteiger partial charge in [-0.25, -0.2) is 19.7 Å². The molecule has 1 saturated heterocycles. The second-order valence-electron chi connectivity index (χ2n) is 13.5. The van der Waals surface area contributed by atoms with E-state index in [9.17, 15) is 19.8 Å². The quantitative estimate of drug-likeness (QED) is 0.120. The maximum atomic E-state index is 12.5. The number of imidazole rings is 1. The first-order valence-corrected chi connectivity index (χ1v) is 16.5. The largest absolute Gasteiger partial charge is 0.387 e. The number of urea groups is 1. The monoisotopic (exact) mass is 654 g/mol. The van der Waals surface area contributed by atoms with Crippen LogP contribution >= 0.6 is 0 Å². The Morgan fingerprint density at radius 2 is 1.68 bits per heavy atom. The molecule has 1 unspecified atom stereocenters. The Bertz CT molecular complexity index is 1460. The van der Waals surface area contributed by atoms with E-state index >= 15 is 0 Å². The lowest BCUT2D eigenvalue weighted by Crippen LogP contribution is -3.16. The zero-order chi connectivity index (χ0) is 34.1. The third kappa shape index (κ3) is 9.83. The maximum absolute atomic E-state index is 12.5. The highest BCUT2D eigenvalue weighted by molar-refractivity contribution is 5.89. The van der Waals surface area contributed by atoms with Crippen LogP contribution in [-0.2, 0) is 14.9 Å². The number of hydrogen-bond acceptors (Lipinski definition) is 9. The SMILES string of the molecule is CC(=O)NCCCCNc1ncnc2c1ncn2[C@@H]1O[C@H](C[NH+](CCCNC(=O)Nc2ccc(C(C)(C)C)cc2)C(C)C)[C@@H](O)[C@H]1O. The summed E-state index contributed by atoms with van der Waals surface area (Å²) in [5.74, 6) is 0.518. The number of anilines is 2. The first-order chi connectivity index (χ1) is 22.3. The van der Waals surface area contributed by atoms with Crippen LogP contribution in [-0.4, -0.2) is 98.7 Å². The molecule has 3 aromatic rings. The lowest BCUT2D eigenvalue weighted by Gasteiger charge is -2.27. The number of quaternary nitrogens is 1. The van der Waals surface area contributed by atoms with Crippen molar-refractivity contribution in [3.63, 3.8) is 0 Å². The van der Waals surface area contributed by atoms with Crippen LogP contribution in [0.3, 0.4) is 0 Å². The predicted octanol–water partition coefficient (Wildman–Crippen LogP) is 1.58. The second kappa shape index (κ2) is 16.3. The summed E-state index contributed by atoms with van der Waals surface area (Å²) >= 11 is 0. The van der Waals surface area contributed by atoms with Crippen LogP contribution in [0.15, 0.2) is 36.9 Å². The molecule has 1 aliphatic heterocycles. The minimum Gasteiger partial charge on any atom is -0.387 e. The fourth-order valence-corrected chi connectivity index (χ4v) is 5.65. The van der Waals surface area contributed by atoms with Gasteiger partial charge in [-0.05, 0) is 49.8 Å². The number of aliphatic hydroxyl groups is 2. The molecule has 1 aliphatic rings.